The van der Waals surface area contributed by atoms with Gasteiger partial charge in [0.2, 0.25) is 5.91 Å². The molecule has 1 saturated heterocycles. The van der Waals surface area contributed by atoms with Crippen molar-refractivity contribution in [1.29, 1.82) is 0 Å². The van der Waals surface area contributed by atoms with Gasteiger partial charge in [-0.15, -0.1) is 24.0 Å². The van der Waals surface area contributed by atoms with Crippen LogP contribution in [0.25, 0.3) is 0 Å². The van der Waals surface area contributed by atoms with E-state index < -0.39 is 0 Å². The van der Waals surface area contributed by atoms with Crippen LogP contribution in [0.2, 0.25) is 0 Å². The highest BCUT2D eigenvalue weighted by molar-refractivity contribution is 14.0. The molecule has 1 fully saturated rings. The van der Waals surface area contributed by atoms with Gasteiger partial charge >= 0.3 is 0 Å². The normalized spacial score (nSPS) is 15.7. The Balaban J connectivity index is 0.00000363. The number of carbonyl (C=O) groups excluding carboxylic acids is 1. The maximum absolute atomic E-state index is 14.1. The molecule has 2 heterocycles. The number of ether oxygens (including phenoxy) is 1. The zero-order valence-electron chi connectivity index (χ0n) is 18.5. The van der Waals surface area contributed by atoms with Gasteiger partial charge < -0.3 is 25.2 Å². The predicted molar refractivity (Wildman–Crippen MR) is 134 cm³/mol. The first kappa shape index (κ1) is 25.6. The van der Waals surface area contributed by atoms with E-state index in [0.29, 0.717) is 31.4 Å². The number of pyridine rings is 1. The summed E-state index contributed by atoms with van der Waals surface area (Å²) in [6.07, 6.45) is 2.40. The predicted octanol–water partition coefficient (Wildman–Crippen LogP) is 2.25. The number of guanidine groups is 1. The minimum atomic E-state index is -0.328. The minimum Gasteiger partial charge on any atom is -0.497 e. The molecule has 1 aromatic heterocycles. The van der Waals surface area contributed by atoms with Crippen LogP contribution in [0.15, 0.2) is 47.6 Å². The molecule has 8 nitrogen and oxygen atoms in total. The van der Waals surface area contributed by atoms with E-state index in [0.717, 1.165) is 17.7 Å². The van der Waals surface area contributed by atoms with Gasteiger partial charge in [-0.25, -0.2) is 14.4 Å². The quantitative estimate of drug-likeness (QED) is 0.310. The number of nitrogens with one attached hydrogen (secondary N) is 2. The number of benzene rings is 1. The number of amides is 1. The summed E-state index contributed by atoms with van der Waals surface area (Å²) in [5.41, 5.74) is 1.02. The molecule has 1 aromatic carbocycles. The topological polar surface area (TPSA) is 82.1 Å². The molecule has 1 aliphatic heterocycles. The second-order valence-electron chi connectivity index (χ2n) is 7.54. The van der Waals surface area contributed by atoms with E-state index >= 15 is 0 Å². The largest absolute Gasteiger partial charge is 0.497 e. The number of carbonyl (C=O) groups is 1. The van der Waals surface area contributed by atoms with Crippen LogP contribution >= 0.6 is 24.0 Å². The van der Waals surface area contributed by atoms with Crippen LogP contribution in [-0.4, -0.2) is 68.6 Å². The van der Waals surface area contributed by atoms with Gasteiger partial charge in [0.25, 0.3) is 0 Å². The first-order valence-corrected chi connectivity index (χ1v) is 10.2. The third kappa shape index (κ3) is 7.21. The van der Waals surface area contributed by atoms with E-state index in [1.54, 1.807) is 33.5 Å². The standard InChI is InChI=1S/C22H29FN6O2.HI/c1-28(2)20(30)14-26-22(25-13-16-6-8-18(31-3)9-7-16)27-17-10-12-29(15-17)21-19(23)5-4-11-24-21;/h4-9,11,17H,10,12-15H2,1-3H3,(H2,25,26,27);1H. The third-order valence-corrected chi connectivity index (χ3v) is 5.05. The Morgan fingerprint density at radius 1 is 1.31 bits per heavy atom. The third-order valence-electron chi connectivity index (χ3n) is 5.05. The van der Waals surface area contributed by atoms with E-state index in [-0.39, 0.29) is 48.3 Å². The van der Waals surface area contributed by atoms with Gasteiger partial charge in [-0.1, -0.05) is 12.1 Å². The fraction of sp³-hybridized carbons (Fsp3) is 0.409. The van der Waals surface area contributed by atoms with Crippen molar-refractivity contribution in [3.05, 3.63) is 54.0 Å². The molecule has 1 aliphatic rings. The van der Waals surface area contributed by atoms with E-state index in [1.165, 1.54) is 11.0 Å². The number of hydrogen-bond donors (Lipinski definition) is 2. The van der Waals surface area contributed by atoms with Gasteiger partial charge in [-0.3, -0.25) is 4.79 Å². The summed E-state index contributed by atoms with van der Waals surface area (Å²) in [6, 6.07) is 10.7. The molecule has 174 valence electrons. The number of aliphatic imine (C=N–C) groups is 1. The first-order chi connectivity index (χ1) is 15.0. The lowest BCUT2D eigenvalue weighted by Crippen LogP contribution is -2.47. The number of nitrogens with zero attached hydrogens (tertiary/aromatic N) is 4. The molecule has 1 atom stereocenters. The number of rotatable bonds is 7. The van der Waals surface area contributed by atoms with Gasteiger partial charge in [-0.2, -0.15) is 0 Å². The average Bonchev–Trinajstić information content (AvgIpc) is 3.24. The molecule has 3 rings (SSSR count). The summed E-state index contributed by atoms with van der Waals surface area (Å²) >= 11 is 0. The van der Waals surface area contributed by atoms with Crippen molar-refractivity contribution in [2.45, 2.75) is 19.0 Å². The summed E-state index contributed by atoms with van der Waals surface area (Å²) in [5.74, 6) is 1.31. The van der Waals surface area contributed by atoms with Crippen LogP contribution < -0.4 is 20.3 Å². The summed E-state index contributed by atoms with van der Waals surface area (Å²) in [7, 11) is 5.05. The summed E-state index contributed by atoms with van der Waals surface area (Å²) in [4.78, 5) is 24.2. The molecule has 10 heteroatoms. The fourth-order valence-corrected chi connectivity index (χ4v) is 3.25. The Morgan fingerprint density at radius 2 is 2.06 bits per heavy atom. The number of likely N-dealkylation sites (N-methyl/N-ethyl adjacent to an activating group) is 1. The Kier molecular flexibility index (Phi) is 9.95. The second-order valence-corrected chi connectivity index (χ2v) is 7.54. The van der Waals surface area contributed by atoms with Gasteiger partial charge in [0.05, 0.1) is 20.2 Å². The Bertz CT molecular complexity index is 910. The van der Waals surface area contributed by atoms with Crippen molar-refractivity contribution in [2.24, 2.45) is 4.99 Å². The molecular formula is C22H30FIN6O2. The molecule has 0 saturated carbocycles. The summed E-state index contributed by atoms with van der Waals surface area (Å²) < 4.78 is 19.3. The number of halogens is 2. The monoisotopic (exact) mass is 556 g/mol. The zero-order valence-corrected chi connectivity index (χ0v) is 20.9. The van der Waals surface area contributed by atoms with Crippen molar-refractivity contribution < 1.29 is 13.9 Å². The molecule has 1 amide bonds. The second kappa shape index (κ2) is 12.4. The fourth-order valence-electron chi connectivity index (χ4n) is 3.25. The molecule has 0 aliphatic carbocycles. The number of anilines is 1. The molecular weight excluding hydrogens is 526 g/mol. The van der Waals surface area contributed by atoms with Crippen LogP contribution in [0, 0.1) is 5.82 Å². The van der Waals surface area contributed by atoms with Crippen molar-refractivity contribution in [3.8, 4) is 5.75 Å². The molecule has 32 heavy (non-hydrogen) atoms. The van der Waals surface area contributed by atoms with E-state index in [4.69, 9.17) is 4.74 Å². The van der Waals surface area contributed by atoms with Crippen molar-refractivity contribution >= 4 is 41.7 Å². The highest BCUT2D eigenvalue weighted by Gasteiger charge is 2.26. The van der Waals surface area contributed by atoms with Gasteiger partial charge in [0.15, 0.2) is 17.6 Å². The van der Waals surface area contributed by atoms with E-state index in [2.05, 4.69) is 20.6 Å². The molecule has 0 bridgehead atoms. The lowest BCUT2D eigenvalue weighted by Gasteiger charge is -2.20. The maximum Gasteiger partial charge on any atom is 0.241 e. The molecule has 2 aromatic rings. The minimum absolute atomic E-state index is 0. The van der Waals surface area contributed by atoms with Gasteiger partial charge in [0.1, 0.15) is 5.75 Å². The zero-order chi connectivity index (χ0) is 22.2. The molecule has 0 radical (unpaired) electrons. The lowest BCUT2D eigenvalue weighted by atomic mass is 10.2. The van der Waals surface area contributed by atoms with Crippen LogP contribution in [0.1, 0.15) is 12.0 Å². The summed E-state index contributed by atoms with van der Waals surface area (Å²) in [5, 5.41) is 6.48. The average molecular weight is 556 g/mol. The summed E-state index contributed by atoms with van der Waals surface area (Å²) in [6.45, 7) is 1.86. The highest BCUT2D eigenvalue weighted by Crippen LogP contribution is 2.20. The molecule has 1 unspecified atom stereocenters. The smallest absolute Gasteiger partial charge is 0.241 e. The van der Waals surface area contributed by atoms with Crippen molar-refractivity contribution in [1.82, 2.24) is 20.5 Å². The highest BCUT2D eigenvalue weighted by atomic mass is 127. The Hall–Kier alpha value is -2.63. The van der Waals surface area contributed by atoms with Crippen LogP contribution in [0.5, 0.6) is 5.75 Å². The van der Waals surface area contributed by atoms with Crippen molar-refractivity contribution in [2.75, 3.05) is 45.7 Å². The maximum atomic E-state index is 14.1. The first-order valence-electron chi connectivity index (χ1n) is 10.2. The number of hydrogen-bond acceptors (Lipinski definition) is 5. The van der Waals surface area contributed by atoms with Gasteiger partial charge in [0, 0.05) is 39.4 Å². The lowest BCUT2D eigenvalue weighted by molar-refractivity contribution is -0.127. The van der Waals surface area contributed by atoms with Crippen LogP contribution in [-0.2, 0) is 11.3 Å². The Labute approximate surface area is 205 Å². The van der Waals surface area contributed by atoms with E-state index in [9.17, 15) is 9.18 Å². The van der Waals surface area contributed by atoms with Crippen LogP contribution in [0.3, 0.4) is 0 Å². The van der Waals surface area contributed by atoms with Gasteiger partial charge in [-0.05, 0) is 36.2 Å². The molecule has 0 spiro atoms. The number of methoxy groups -OCH3 is 1. The SMILES string of the molecule is COc1ccc(CN=C(NCC(=O)N(C)C)NC2CCN(c3ncccc3F)C2)cc1.I. The van der Waals surface area contributed by atoms with Crippen LogP contribution in [0.4, 0.5) is 10.2 Å². The van der Waals surface area contributed by atoms with Crippen molar-refractivity contribution in [3.63, 3.8) is 0 Å². The molecule has 2 N–H and O–H groups in total. The van der Waals surface area contributed by atoms with E-state index in [1.807, 2.05) is 29.2 Å². The number of aromatic nitrogens is 1. The Morgan fingerprint density at radius 3 is 2.72 bits per heavy atom.